The van der Waals surface area contributed by atoms with Gasteiger partial charge in [-0.1, -0.05) is 19.3 Å². The van der Waals surface area contributed by atoms with E-state index in [9.17, 15) is 19.2 Å². The summed E-state index contributed by atoms with van der Waals surface area (Å²) in [5, 5.41) is 3.37. The third-order valence-electron chi connectivity index (χ3n) is 6.56. The highest BCUT2D eigenvalue weighted by Gasteiger charge is 2.47. The van der Waals surface area contributed by atoms with Crippen LogP contribution in [0.1, 0.15) is 72.2 Å². The van der Waals surface area contributed by atoms with Crippen molar-refractivity contribution in [1.29, 1.82) is 0 Å². The van der Waals surface area contributed by atoms with E-state index in [-0.39, 0.29) is 42.5 Å². The molecule has 8 heteroatoms. The lowest BCUT2D eigenvalue weighted by Gasteiger charge is -2.19. The number of rotatable bonds is 5. The van der Waals surface area contributed by atoms with E-state index in [1.165, 1.54) is 23.3 Å². The molecule has 2 heterocycles. The Labute approximate surface area is 180 Å². The number of imide groups is 1. The zero-order valence-electron chi connectivity index (χ0n) is 17.3. The van der Waals surface area contributed by atoms with Gasteiger partial charge in [-0.15, -0.1) is 11.3 Å². The number of likely N-dealkylation sites (tertiary alicyclic amines) is 1. The van der Waals surface area contributed by atoms with Crippen LogP contribution in [0.2, 0.25) is 0 Å². The molecule has 2 atom stereocenters. The average Bonchev–Trinajstić information content (AvgIpc) is 3.08. The molecule has 0 aromatic carbocycles. The first-order valence-corrected chi connectivity index (χ1v) is 11.7. The number of esters is 1. The van der Waals surface area contributed by atoms with E-state index in [1.54, 1.807) is 0 Å². The second-order valence-corrected chi connectivity index (χ2v) is 9.49. The maximum absolute atomic E-state index is 12.6. The van der Waals surface area contributed by atoms with Crippen molar-refractivity contribution in [2.45, 2.75) is 64.2 Å². The summed E-state index contributed by atoms with van der Waals surface area (Å²) in [4.78, 5) is 52.6. The fourth-order valence-electron chi connectivity index (χ4n) is 5.00. The van der Waals surface area contributed by atoms with Gasteiger partial charge in [0.15, 0.2) is 0 Å². The van der Waals surface area contributed by atoms with Gasteiger partial charge in [0.05, 0.1) is 24.5 Å². The van der Waals surface area contributed by atoms with Crippen LogP contribution in [0.15, 0.2) is 0 Å². The van der Waals surface area contributed by atoms with Crippen LogP contribution in [0.3, 0.4) is 0 Å². The molecule has 1 aromatic rings. The highest BCUT2D eigenvalue weighted by molar-refractivity contribution is 7.17. The molecule has 3 amide bonds. The SMILES string of the molecule is COC(=O)c1c(NC(=O)CCN2C(=O)C3CCCCC3C2=O)sc2c1CCCCC2. The number of hydrogen-bond acceptors (Lipinski definition) is 6. The molecule has 7 nitrogen and oxygen atoms in total. The Balaban J connectivity index is 1.44. The van der Waals surface area contributed by atoms with Crippen LogP contribution in [-0.2, 0) is 32.0 Å². The summed E-state index contributed by atoms with van der Waals surface area (Å²) >= 11 is 1.44. The van der Waals surface area contributed by atoms with Crippen LogP contribution in [0.5, 0.6) is 0 Å². The summed E-state index contributed by atoms with van der Waals surface area (Å²) in [6.07, 6.45) is 8.45. The maximum Gasteiger partial charge on any atom is 0.341 e. The Hall–Kier alpha value is -2.22. The Morgan fingerprint density at radius 1 is 1.03 bits per heavy atom. The summed E-state index contributed by atoms with van der Waals surface area (Å²) in [6.45, 7) is 0.0924. The zero-order chi connectivity index (χ0) is 21.3. The van der Waals surface area contributed by atoms with Gasteiger partial charge in [0.2, 0.25) is 17.7 Å². The number of fused-ring (bicyclic) bond motifs is 2. The van der Waals surface area contributed by atoms with E-state index < -0.39 is 5.97 Å². The van der Waals surface area contributed by atoms with E-state index in [0.717, 1.165) is 68.2 Å². The number of nitrogens with zero attached hydrogens (tertiary/aromatic N) is 1. The molecule has 2 fully saturated rings. The second-order valence-electron chi connectivity index (χ2n) is 8.38. The predicted molar refractivity (Wildman–Crippen MR) is 112 cm³/mol. The minimum atomic E-state index is -0.432. The van der Waals surface area contributed by atoms with Gasteiger partial charge >= 0.3 is 5.97 Å². The number of anilines is 1. The number of thiophene rings is 1. The number of carbonyl (C=O) groups is 4. The van der Waals surface area contributed by atoms with Crippen LogP contribution in [0.4, 0.5) is 5.00 Å². The van der Waals surface area contributed by atoms with Crippen molar-refractivity contribution in [3.05, 3.63) is 16.0 Å². The van der Waals surface area contributed by atoms with Crippen molar-refractivity contribution in [2.75, 3.05) is 19.0 Å². The molecule has 1 aromatic heterocycles. The molecule has 4 rings (SSSR count). The molecule has 0 spiro atoms. The molecule has 1 N–H and O–H groups in total. The first kappa shape index (κ1) is 21.0. The molecular weight excluding hydrogens is 404 g/mol. The average molecular weight is 433 g/mol. The number of carbonyl (C=O) groups excluding carboxylic acids is 4. The fourth-order valence-corrected chi connectivity index (χ4v) is 6.30. The molecule has 1 aliphatic heterocycles. The van der Waals surface area contributed by atoms with Crippen molar-refractivity contribution < 1.29 is 23.9 Å². The van der Waals surface area contributed by atoms with Crippen LogP contribution in [0.25, 0.3) is 0 Å². The zero-order valence-corrected chi connectivity index (χ0v) is 18.1. The standard InChI is InChI=1S/C22H28N2O5S/c1-29-22(28)18-15-9-3-2-4-10-16(15)30-19(18)23-17(25)11-12-24-20(26)13-7-5-6-8-14(13)21(24)27/h13-14H,2-12H2,1H3,(H,23,25). The monoisotopic (exact) mass is 432 g/mol. The van der Waals surface area contributed by atoms with Gasteiger partial charge in [0, 0.05) is 17.8 Å². The molecular formula is C22H28N2O5S. The lowest BCUT2D eigenvalue weighted by molar-refractivity contribution is -0.140. The van der Waals surface area contributed by atoms with E-state index >= 15 is 0 Å². The van der Waals surface area contributed by atoms with E-state index in [0.29, 0.717) is 10.6 Å². The lowest BCUT2D eigenvalue weighted by Crippen LogP contribution is -2.34. The van der Waals surface area contributed by atoms with Crippen LogP contribution < -0.4 is 5.32 Å². The smallest absolute Gasteiger partial charge is 0.341 e. The van der Waals surface area contributed by atoms with Crippen molar-refractivity contribution in [3.8, 4) is 0 Å². The Morgan fingerprint density at radius 3 is 2.37 bits per heavy atom. The summed E-state index contributed by atoms with van der Waals surface area (Å²) in [5.41, 5.74) is 1.46. The van der Waals surface area contributed by atoms with Gasteiger partial charge in [-0.3, -0.25) is 19.3 Å². The number of hydrogen-bond donors (Lipinski definition) is 1. The highest BCUT2D eigenvalue weighted by Crippen LogP contribution is 2.39. The quantitative estimate of drug-likeness (QED) is 0.438. The first-order valence-electron chi connectivity index (χ1n) is 10.9. The largest absolute Gasteiger partial charge is 0.465 e. The summed E-state index contributed by atoms with van der Waals surface area (Å²) < 4.78 is 4.97. The predicted octanol–water partition coefficient (Wildman–Crippen LogP) is 3.31. The Bertz CT molecular complexity index is 853. The molecule has 0 bridgehead atoms. The molecule has 162 valence electrons. The fraction of sp³-hybridized carbons (Fsp3) is 0.636. The third kappa shape index (κ3) is 3.89. The summed E-state index contributed by atoms with van der Waals surface area (Å²) in [7, 11) is 1.35. The van der Waals surface area contributed by atoms with E-state index in [1.807, 2.05) is 0 Å². The third-order valence-corrected chi connectivity index (χ3v) is 7.77. The molecule has 1 saturated carbocycles. The first-order chi connectivity index (χ1) is 14.5. The number of amides is 3. The number of aryl methyl sites for hydroxylation is 1. The highest BCUT2D eigenvalue weighted by atomic mass is 32.1. The van der Waals surface area contributed by atoms with Crippen LogP contribution in [0, 0.1) is 11.8 Å². The van der Waals surface area contributed by atoms with E-state index in [2.05, 4.69) is 5.32 Å². The molecule has 2 aliphatic carbocycles. The Kier molecular flexibility index (Phi) is 6.22. The van der Waals surface area contributed by atoms with Gasteiger partial charge in [-0.25, -0.2) is 4.79 Å². The van der Waals surface area contributed by atoms with Crippen LogP contribution in [-0.4, -0.2) is 42.2 Å². The van der Waals surface area contributed by atoms with E-state index in [4.69, 9.17) is 4.74 Å². The van der Waals surface area contributed by atoms with Crippen molar-refractivity contribution in [1.82, 2.24) is 4.90 Å². The molecule has 30 heavy (non-hydrogen) atoms. The van der Waals surface area contributed by atoms with Gasteiger partial charge < -0.3 is 10.1 Å². The molecule has 1 saturated heterocycles. The lowest BCUT2D eigenvalue weighted by atomic mass is 9.81. The second kappa shape index (κ2) is 8.88. The van der Waals surface area contributed by atoms with Crippen molar-refractivity contribution in [3.63, 3.8) is 0 Å². The van der Waals surface area contributed by atoms with Gasteiger partial charge in [0.1, 0.15) is 5.00 Å². The normalized spacial score (nSPS) is 23.6. The number of ether oxygens (including phenoxy) is 1. The van der Waals surface area contributed by atoms with Crippen molar-refractivity contribution >= 4 is 40.0 Å². The van der Waals surface area contributed by atoms with Crippen molar-refractivity contribution in [2.24, 2.45) is 11.8 Å². The van der Waals surface area contributed by atoms with Gasteiger partial charge in [0.25, 0.3) is 0 Å². The minimum Gasteiger partial charge on any atom is -0.465 e. The summed E-state index contributed by atoms with van der Waals surface area (Å²) in [6, 6.07) is 0. The van der Waals surface area contributed by atoms with Crippen LogP contribution >= 0.6 is 11.3 Å². The molecule has 3 aliphatic rings. The molecule has 2 unspecified atom stereocenters. The maximum atomic E-state index is 12.6. The number of nitrogens with one attached hydrogen (secondary N) is 1. The number of methoxy groups -OCH3 is 1. The Morgan fingerprint density at radius 2 is 1.70 bits per heavy atom. The topological polar surface area (TPSA) is 92.8 Å². The summed E-state index contributed by atoms with van der Waals surface area (Å²) in [5.74, 6) is -1.39. The van der Waals surface area contributed by atoms with Gasteiger partial charge in [-0.2, -0.15) is 0 Å². The van der Waals surface area contributed by atoms with Gasteiger partial charge in [-0.05, 0) is 44.1 Å². The molecule has 0 radical (unpaired) electrons. The minimum absolute atomic E-state index is 0.0279.